The van der Waals surface area contributed by atoms with Crippen molar-refractivity contribution >= 4 is 18.0 Å². The van der Waals surface area contributed by atoms with Crippen molar-refractivity contribution in [2.24, 2.45) is 0 Å². The number of hydrogen-bond acceptors (Lipinski definition) is 4. The van der Waals surface area contributed by atoms with Crippen molar-refractivity contribution in [2.75, 3.05) is 20.8 Å². The highest BCUT2D eigenvalue weighted by Crippen LogP contribution is 2.20. The second kappa shape index (κ2) is 8.79. The van der Waals surface area contributed by atoms with E-state index in [1.54, 1.807) is 13.2 Å². The van der Waals surface area contributed by atoms with Crippen LogP contribution in [0.25, 0.3) is 6.08 Å². The standard InChI is InChI=1S/C16H21NO4/c1-12-6-8-14(20-2)13(11-12)7-9-15(18)17-10-4-5-16(19)21-3/h6-9,11H,4-5,10H2,1-3H3,(H,17,18)/b9-7+. The van der Waals surface area contributed by atoms with Gasteiger partial charge in [-0.25, -0.2) is 0 Å². The van der Waals surface area contributed by atoms with Crippen LogP contribution in [0.4, 0.5) is 0 Å². The Labute approximate surface area is 124 Å². The lowest BCUT2D eigenvalue weighted by Gasteiger charge is -2.05. The molecule has 0 bridgehead atoms. The number of aryl methyl sites for hydroxylation is 1. The van der Waals surface area contributed by atoms with Crippen molar-refractivity contribution in [1.29, 1.82) is 0 Å². The fourth-order valence-electron chi connectivity index (χ4n) is 1.75. The summed E-state index contributed by atoms with van der Waals surface area (Å²) in [6.07, 6.45) is 4.02. The van der Waals surface area contributed by atoms with Gasteiger partial charge in [-0.15, -0.1) is 0 Å². The molecule has 0 spiro atoms. The SMILES string of the molecule is COC(=O)CCCNC(=O)/C=C/c1cc(C)ccc1OC. The van der Waals surface area contributed by atoms with E-state index in [9.17, 15) is 9.59 Å². The molecule has 0 saturated heterocycles. The second-order valence-corrected chi connectivity index (χ2v) is 4.55. The maximum Gasteiger partial charge on any atom is 0.305 e. The van der Waals surface area contributed by atoms with E-state index >= 15 is 0 Å². The van der Waals surface area contributed by atoms with Gasteiger partial charge in [0.25, 0.3) is 0 Å². The average molecular weight is 291 g/mol. The van der Waals surface area contributed by atoms with Crippen LogP contribution < -0.4 is 10.1 Å². The Kier molecular flexibility index (Phi) is 7.01. The van der Waals surface area contributed by atoms with E-state index in [1.165, 1.54) is 13.2 Å². The summed E-state index contributed by atoms with van der Waals surface area (Å²) in [5.41, 5.74) is 1.94. The molecule has 0 aliphatic heterocycles. The lowest BCUT2D eigenvalue weighted by molar-refractivity contribution is -0.140. The molecule has 0 saturated carbocycles. The molecule has 0 aliphatic rings. The van der Waals surface area contributed by atoms with Gasteiger partial charge in [0.2, 0.25) is 5.91 Å². The van der Waals surface area contributed by atoms with E-state index in [-0.39, 0.29) is 11.9 Å². The molecule has 0 radical (unpaired) electrons. The smallest absolute Gasteiger partial charge is 0.305 e. The van der Waals surface area contributed by atoms with Gasteiger partial charge in [0.05, 0.1) is 14.2 Å². The summed E-state index contributed by atoms with van der Waals surface area (Å²) in [4.78, 5) is 22.6. The van der Waals surface area contributed by atoms with Crippen LogP contribution in [0.2, 0.25) is 0 Å². The zero-order valence-electron chi connectivity index (χ0n) is 12.6. The number of methoxy groups -OCH3 is 2. The fraction of sp³-hybridized carbons (Fsp3) is 0.375. The molecule has 0 unspecified atom stereocenters. The number of ether oxygens (including phenoxy) is 2. The largest absolute Gasteiger partial charge is 0.496 e. The minimum absolute atomic E-state index is 0.205. The topological polar surface area (TPSA) is 64.6 Å². The van der Waals surface area contributed by atoms with Crippen LogP contribution in [-0.4, -0.2) is 32.6 Å². The minimum Gasteiger partial charge on any atom is -0.496 e. The van der Waals surface area contributed by atoms with Crippen molar-refractivity contribution < 1.29 is 19.1 Å². The number of esters is 1. The van der Waals surface area contributed by atoms with Crippen molar-refractivity contribution in [1.82, 2.24) is 5.32 Å². The Morgan fingerprint density at radius 1 is 1.29 bits per heavy atom. The molecule has 0 atom stereocenters. The van der Waals surface area contributed by atoms with E-state index in [1.807, 2.05) is 25.1 Å². The summed E-state index contributed by atoms with van der Waals surface area (Å²) in [6.45, 7) is 2.41. The number of benzene rings is 1. The molecular weight excluding hydrogens is 270 g/mol. The Balaban J connectivity index is 2.47. The normalized spacial score (nSPS) is 10.4. The van der Waals surface area contributed by atoms with Gasteiger partial charge in [-0.1, -0.05) is 11.6 Å². The van der Waals surface area contributed by atoms with E-state index in [0.717, 1.165) is 16.9 Å². The van der Waals surface area contributed by atoms with Gasteiger partial charge in [0.1, 0.15) is 5.75 Å². The van der Waals surface area contributed by atoms with Gasteiger partial charge in [-0.3, -0.25) is 9.59 Å². The molecule has 1 amide bonds. The highest BCUT2D eigenvalue weighted by atomic mass is 16.5. The third-order valence-corrected chi connectivity index (χ3v) is 2.88. The Morgan fingerprint density at radius 3 is 2.71 bits per heavy atom. The van der Waals surface area contributed by atoms with Crippen molar-refractivity contribution in [2.45, 2.75) is 19.8 Å². The highest BCUT2D eigenvalue weighted by molar-refractivity contribution is 5.92. The summed E-state index contributed by atoms with van der Waals surface area (Å²) in [5, 5.41) is 2.71. The van der Waals surface area contributed by atoms with Crippen LogP contribution in [0.1, 0.15) is 24.0 Å². The van der Waals surface area contributed by atoms with Crippen LogP contribution in [0.15, 0.2) is 24.3 Å². The predicted molar refractivity (Wildman–Crippen MR) is 81.0 cm³/mol. The predicted octanol–water partition coefficient (Wildman–Crippen LogP) is 2.09. The Bertz CT molecular complexity index is 523. The number of rotatable bonds is 7. The zero-order valence-corrected chi connectivity index (χ0v) is 12.6. The summed E-state index contributed by atoms with van der Waals surface area (Å²) in [5.74, 6) is 0.239. The average Bonchev–Trinajstić information content (AvgIpc) is 2.49. The Morgan fingerprint density at radius 2 is 2.05 bits per heavy atom. The molecule has 0 heterocycles. The molecule has 0 aromatic heterocycles. The molecule has 1 aromatic rings. The van der Waals surface area contributed by atoms with Crippen molar-refractivity contribution in [3.8, 4) is 5.75 Å². The maximum atomic E-state index is 11.7. The molecule has 5 nitrogen and oxygen atoms in total. The maximum absolute atomic E-state index is 11.7. The van der Waals surface area contributed by atoms with Gasteiger partial charge in [0, 0.05) is 24.6 Å². The molecule has 0 aliphatic carbocycles. The number of hydrogen-bond donors (Lipinski definition) is 1. The van der Waals surface area contributed by atoms with E-state index in [0.29, 0.717) is 19.4 Å². The molecule has 0 fully saturated rings. The van der Waals surface area contributed by atoms with Gasteiger partial charge >= 0.3 is 5.97 Å². The first-order valence-corrected chi connectivity index (χ1v) is 6.74. The molecule has 5 heteroatoms. The van der Waals surface area contributed by atoms with Crippen LogP contribution in [0.5, 0.6) is 5.75 Å². The van der Waals surface area contributed by atoms with Crippen LogP contribution >= 0.6 is 0 Å². The van der Waals surface area contributed by atoms with Crippen molar-refractivity contribution in [3.05, 3.63) is 35.4 Å². The molecule has 1 aromatic carbocycles. The molecule has 21 heavy (non-hydrogen) atoms. The first kappa shape index (κ1) is 16.8. The zero-order chi connectivity index (χ0) is 15.7. The monoisotopic (exact) mass is 291 g/mol. The van der Waals surface area contributed by atoms with E-state index < -0.39 is 0 Å². The lowest BCUT2D eigenvalue weighted by atomic mass is 10.1. The summed E-state index contributed by atoms with van der Waals surface area (Å²) in [7, 11) is 2.94. The van der Waals surface area contributed by atoms with Crippen LogP contribution in [0.3, 0.4) is 0 Å². The highest BCUT2D eigenvalue weighted by Gasteiger charge is 2.02. The molecule has 1 N–H and O–H groups in total. The summed E-state index contributed by atoms with van der Waals surface area (Å²) < 4.78 is 9.76. The number of nitrogens with one attached hydrogen (secondary N) is 1. The fourth-order valence-corrected chi connectivity index (χ4v) is 1.75. The number of amides is 1. The van der Waals surface area contributed by atoms with E-state index in [4.69, 9.17) is 4.74 Å². The first-order chi connectivity index (χ1) is 10.1. The number of carbonyl (C=O) groups is 2. The second-order valence-electron chi connectivity index (χ2n) is 4.55. The van der Waals surface area contributed by atoms with E-state index in [2.05, 4.69) is 10.1 Å². The van der Waals surface area contributed by atoms with Crippen LogP contribution in [0, 0.1) is 6.92 Å². The quantitative estimate of drug-likeness (QED) is 0.474. The van der Waals surface area contributed by atoms with Gasteiger partial charge in [-0.2, -0.15) is 0 Å². The van der Waals surface area contributed by atoms with Gasteiger partial charge in [-0.05, 0) is 31.6 Å². The lowest BCUT2D eigenvalue weighted by Crippen LogP contribution is -2.22. The first-order valence-electron chi connectivity index (χ1n) is 6.74. The summed E-state index contributed by atoms with van der Waals surface area (Å²) in [6, 6.07) is 5.76. The molecular formula is C16H21NO4. The molecule has 114 valence electrons. The third-order valence-electron chi connectivity index (χ3n) is 2.88. The van der Waals surface area contributed by atoms with Crippen molar-refractivity contribution in [3.63, 3.8) is 0 Å². The van der Waals surface area contributed by atoms with Crippen LogP contribution in [-0.2, 0) is 14.3 Å². The minimum atomic E-state index is -0.274. The number of carbonyl (C=O) groups excluding carboxylic acids is 2. The van der Waals surface area contributed by atoms with Gasteiger partial charge in [0.15, 0.2) is 0 Å². The summed E-state index contributed by atoms with van der Waals surface area (Å²) >= 11 is 0. The van der Waals surface area contributed by atoms with Gasteiger partial charge < -0.3 is 14.8 Å². The molecule has 1 rings (SSSR count). The third kappa shape index (κ3) is 6.12. The Hall–Kier alpha value is -2.30.